The monoisotopic (exact) mass is 113 g/mol. The maximum absolute atomic E-state index is 2.42. The van der Waals surface area contributed by atoms with Crippen molar-refractivity contribution in [2.75, 3.05) is 20.1 Å². The second-order valence-electron chi connectivity index (χ2n) is 2.72. The Labute approximate surface area is 51.7 Å². The topological polar surface area (TPSA) is 5.90 Å². The van der Waals surface area contributed by atoms with Crippen molar-refractivity contribution in [3.63, 3.8) is 0 Å². The van der Waals surface area contributed by atoms with E-state index in [0.717, 1.165) is 0 Å². The van der Waals surface area contributed by atoms with E-state index >= 15 is 0 Å². The van der Waals surface area contributed by atoms with E-state index in [9.17, 15) is 0 Å². The Morgan fingerprint density at radius 1 is 0.875 bits per heavy atom. The molecule has 0 aromatic carbocycles. The lowest BCUT2D eigenvalue weighted by Gasteiger charge is -1.98. The summed E-state index contributed by atoms with van der Waals surface area (Å²) in [6, 6.07) is 0. The zero-order chi connectivity index (χ0) is 5.82. The third-order valence-electron chi connectivity index (χ3n) is 1.83. The van der Waals surface area contributed by atoms with Crippen LogP contribution in [0.15, 0.2) is 0 Å². The molecule has 1 rings (SSSR count). The average molecular weight is 113 g/mol. The summed E-state index contributed by atoms with van der Waals surface area (Å²) in [7, 11) is 2.21. The Bertz CT molecular complexity index is 53.4. The van der Waals surface area contributed by atoms with Crippen LogP contribution in [0.25, 0.3) is 0 Å². The average Bonchev–Trinajstić information content (AvgIpc) is 1.94. The van der Waals surface area contributed by atoms with Gasteiger partial charge >= 0.3 is 0 Å². The van der Waals surface area contributed by atoms with E-state index in [-0.39, 0.29) is 0 Å². The first-order valence-corrected chi connectivity index (χ1v) is 3.58. The van der Waals surface area contributed by atoms with Gasteiger partial charge in [0.1, 0.15) is 20.1 Å². The molecule has 8 heavy (non-hydrogen) atoms. The molecule has 0 atom stereocenters. The van der Waals surface area contributed by atoms with Crippen LogP contribution in [0.4, 0.5) is 0 Å². The molecule has 0 aliphatic carbocycles. The molecule has 1 fully saturated rings. The summed E-state index contributed by atoms with van der Waals surface area (Å²) in [4.78, 5) is 2.42. The number of hydrogen-bond acceptors (Lipinski definition) is 1. The Morgan fingerprint density at radius 3 is 1.88 bits per heavy atom. The first-order valence-electron chi connectivity index (χ1n) is 3.58. The van der Waals surface area contributed by atoms with Crippen LogP contribution in [0, 0.1) is 0 Å². The van der Waals surface area contributed by atoms with E-state index in [1.165, 1.54) is 38.8 Å². The minimum Gasteiger partial charge on any atom is -0.173 e. The van der Waals surface area contributed by atoms with E-state index in [2.05, 4.69) is 11.9 Å². The summed E-state index contributed by atoms with van der Waals surface area (Å²) in [6.07, 6.45) is 5.72. The molecule has 47 valence electrons. The lowest BCUT2D eigenvalue weighted by molar-refractivity contribution is 0.492. The van der Waals surface area contributed by atoms with Gasteiger partial charge in [0.05, 0.1) is 0 Å². The normalized spacial score (nSPS) is 25.1. The maximum Gasteiger partial charge on any atom is 0.122 e. The number of likely N-dealkylation sites (tertiary alicyclic amines) is 1. The van der Waals surface area contributed by atoms with Gasteiger partial charge in [-0.25, -0.2) is 0 Å². The molecule has 1 radical (unpaired) electrons. The van der Waals surface area contributed by atoms with Gasteiger partial charge in [-0.15, -0.1) is 0 Å². The first kappa shape index (κ1) is 6.09. The fourth-order valence-corrected chi connectivity index (χ4v) is 1.23. The molecular formula is C7H15N+. The van der Waals surface area contributed by atoms with E-state index < -0.39 is 0 Å². The van der Waals surface area contributed by atoms with Crippen molar-refractivity contribution in [2.45, 2.75) is 25.7 Å². The summed E-state index contributed by atoms with van der Waals surface area (Å²) < 4.78 is 0. The SMILES string of the molecule is C[N+]1CCCCCC1. The number of hydrogen-bond donors (Lipinski definition) is 0. The highest BCUT2D eigenvalue weighted by atomic mass is 15.1. The van der Waals surface area contributed by atoms with Crippen LogP contribution in [0.3, 0.4) is 0 Å². The van der Waals surface area contributed by atoms with Gasteiger partial charge in [-0.3, -0.25) is 0 Å². The van der Waals surface area contributed by atoms with Gasteiger partial charge in [0.2, 0.25) is 0 Å². The van der Waals surface area contributed by atoms with Gasteiger partial charge in [-0.2, -0.15) is 4.90 Å². The molecule has 0 aromatic heterocycles. The second kappa shape index (κ2) is 3.08. The summed E-state index contributed by atoms with van der Waals surface area (Å²) in [6.45, 7) is 2.64. The summed E-state index contributed by atoms with van der Waals surface area (Å²) >= 11 is 0. The molecule has 0 spiro atoms. The zero-order valence-corrected chi connectivity index (χ0v) is 5.69. The van der Waals surface area contributed by atoms with Crippen molar-refractivity contribution in [3.8, 4) is 0 Å². The van der Waals surface area contributed by atoms with Gasteiger partial charge in [0, 0.05) is 12.8 Å². The lowest BCUT2D eigenvalue weighted by atomic mass is 10.2. The molecule has 0 unspecified atom stereocenters. The van der Waals surface area contributed by atoms with Gasteiger partial charge in [0.25, 0.3) is 0 Å². The number of nitrogens with zero attached hydrogens (tertiary/aromatic N) is 1. The highest BCUT2D eigenvalue weighted by molar-refractivity contribution is 4.62. The van der Waals surface area contributed by atoms with Crippen LogP contribution in [-0.4, -0.2) is 20.1 Å². The van der Waals surface area contributed by atoms with Crippen molar-refractivity contribution in [1.29, 1.82) is 0 Å². The van der Waals surface area contributed by atoms with E-state index in [1.54, 1.807) is 0 Å². The molecule has 0 saturated carbocycles. The molecule has 0 amide bonds. The molecule has 1 saturated heterocycles. The van der Waals surface area contributed by atoms with Crippen LogP contribution in [-0.2, 0) is 0 Å². The molecular weight excluding hydrogens is 98.1 g/mol. The molecule has 1 heteroatoms. The third-order valence-corrected chi connectivity index (χ3v) is 1.83. The molecule has 1 heterocycles. The van der Waals surface area contributed by atoms with Crippen molar-refractivity contribution >= 4 is 0 Å². The predicted molar refractivity (Wildman–Crippen MR) is 36.3 cm³/mol. The smallest absolute Gasteiger partial charge is 0.122 e. The van der Waals surface area contributed by atoms with E-state index in [4.69, 9.17) is 0 Å². The second-order valence-corrected chi connectivity index (χ2v) is 2.72. The summed E-state index contributed by atoms with van der Waals surface area (Å²) in [5.74, 6) is 0. The Morgan fingerprint density at radius 2 is 1.38 bits per heavy atom. The van der Waals surface area contributed by atoms with Crippen molar-refractivity contribution < 1.29 is 0 Å². The van der Waals surface area contributed by atoms with Crippen LogP contribution in [0.2, 0.25) is 0 Å². The molecule has 0 N–H and O–H groups in total. The predicted octanol–water partition coefficient (Wildman–Crippen LogP) is 1.33. The van der Waals surface area contributed by atoms with Crippen molar-refractivity contribution in [1.82, 2.24) is 4.90 Å². The summed E-state index contributed by atoms with van der Waals surface area (Å²) in [5, 5.41) is 0. The zero-order valence-electron chi connectivity index (χ0n) is 5.69. The Balaban J connectivity index is 2.17. The van der Waals surface area contributed by atoms with Gasteiger partial charge in [0.15, 0.2) is 0 Å². The van der Waals surface area contributed by atoms with E-state index in [0.29, 0.717) is 0 Å². The van der Waals surface area contributed by atoms with Crippen molar-refractivity contribution in [3.05, 3.63) is 0 Å². The fraction of sp³-hybridized carbons (Fsp3) is 1.00. The van der Waals surface area contributed by atoms with Gasteiger partial charge in [-0.05, 0) is 12.8 Å². The molecule has 0 aromatic rings. The van der Waals surface area contributed by atoms with Gasteiger partial charge in [-0.1, -0.05) is 0 Å². The maximum atomic E-state index is 2.42. The van der Waals surface area contributed by atoms with Crippen LogP contribution in [0.5, 0.6) is 0 Å². The largest absolute Gasteiger partial charge is 0.173 e. The first-order chi connectivity index (χ1) is 3.89. The third kappa shape index (κ3) is 1.83. The lowest BCUT2D eigenvalue weighted by Crippen LogP contribution is -2.25. The molecule has 0 bridgehead atoms. The Kier molecular flexibility index (Phi) is 2.34. The number of rotatable bonds is 0. The minimum absolute atomic E-state index is 1.32. The molecule has 1 nitrogen and oxygen atoms in total. The quantitative estimate of drug-likeness (QED) is 0.418. The Hall–Kier alpha value is -0.0400. The van der Waals surface area contributed by atoms with E-state index in [1.807, 2.05) is 0 Å². The highest BCUT2D eigenvalue weighted by Crippen LogP contribution is 2.04. The molecule has 1 aliphatic rings. The van der Waals surface area contributed by atoms with Crippen molar-refractivity contribution in [2.24, 2.45) is 0 Å². The molecule has 1 aliphatic heterocycles. The summed E-state index contributed by atoms with van der Waals surface area (Å²) in [5.41, 5.74) is 0. The van der Waals surface area contributed by atoms with Crippen LogP contribution in [0.1, 0.15) is 25.7 Å². The van der Waals surface area contributed by atoms with Gasteiger partial charge < -0.3 is 0 Å². The highest BCUT2D eigenvalue weighted by Gasteiger charge is 2.09. The van der Waals surface area contributed by atoms with Crippen LogP contribution < -0.4 is 4.90 Å². The standard InChI is InChI=1S/C7H15N/c1-8-6-4-2-3-5-7-8/h2-7H2,1H3/q+1. The minimum atomic E-state index is 1.32. The van der Waals surface area contributed by atoms with Crippen LogP contribution >= 0.6 is 0 Å². The fourth-order valence-electron chi connectivity index (χ4n) is 1.23.